The Balaban J connectivity index is 2.08. The zero-order valence-corrected chi connectivity index (χ0v) is 11.6. The lowest BCUT2D eigenvalue weighted by Gasteiger charge is -2.15. The van der Waals surface area contributed by atoms with Crippen LogP contribution < -0.4 is 4.90 Å². The third kappa shape index (κ3) is 3.05. The van der Waals surface area contributed by atoms with Gasteiger partial charge in [-0.05, 0) is 17.7 Å². The highest BCUT2D eigenvalue weighted by Gasteiger charge is 2.07. The molecular formula is C12H10BrN3S. The van der Waals surface area contributed by atoms with E-state index in [-0.39, 0.29) is 0 Å². The van der Waals surface area contributed by atoms with E-state index in [9.17, 15) is 0 Å². The van der Waals surface area contributed by atoms with Crippen LogP contribution in [0.4, 0.5) is 5.13 Å². The van der Waals surface area contributed by atoms with E-state index in [0.717, 1.165) is 16.1 Å². The summed E-state index contributed by atoms with van der Waals surface area (Å²) >= 11 is 4.82. The number of nitrogens with zero attached hydrogens (tertiary/aromatic N) is 3. The topological polar surface area (TPSA) is 39.9 Å². The predicted molar refractivity (Wildman–Crippen MR) is 73.1 cm³/mol. The second kappa shape index (κ2) is 5.30. The van der Waals surface area contributed by atoms with Crippen molar-refractivity contribution in [3.8, 4) is 6.07 Å². The van der Waals surface area contributed by atoms with E-state index in [1.807, 2.05) is 24.1 Å². The summed E-state index contributed by atoms with van der Waals surface area (Å²) in [5, 5.41) is 9.61. The van der Waals surface area contributed by atoms with Gasteiger partial charge in [0.15, 0.2) is 5.13 Å². The van der Waals surface area contributed by atoms with Crippen LogP contribution in [0.15, 0.2) is 34.9 Å². The van der Waals surface area contributed by atoms with Crippen molar-refractivity contribution in [1.29, 1.82) is 5.26 Å². The second-order valence-corrected chi connectivity index (χ2v) is 5.53. The summed E-state index contributed by atoms with van der Waals surface area (Å²) < 4.78 is 1.07. The third-order valence-electron chi connectivity index (χ3n) is 2.26. The van der Waals surface area contributed by atoms with Gasteiger partial charge in [0.1, 0.15) is 10.9 Å². The molecule has 0 spiro atoms. The molecule has 0 unspecified atom stereocenters. The number of nitriles is 1. The van der Waals surface area contributed by atoms with Crippen molar-refractivity contribution < 1.29 is 0 Å². The highest BCUT2D eigenvalue weighted by Crippen LogP contribution is 2.22. The molecule has 0 saturated heterocycles. The van der Waals surface area contributed by atoms with Gasteiger partial charge < -0.3 is 4.90 Å². The van der Waals surface area contributed by atoms with E-state index >= 15 is 0 Å². The zero-order valence-electron chi connectivity index (χ0n) is 9.22. The van der Waals surface area contributed by atoms with Crippen LogP contribution in [0.2, 0.25) is 0 Å². The van der Waals surface area contributed by atoms with E-state index in [4.69, 9.17) is 5.26 Å². The first-order valence-corrected chi connectivity index (χ1v) is 6.61. The van der Waals surface area contributed by atoms with Crippen LogP contribution in [0.3, 0.4) is 0 Å². The fraction of sp³-hybridized carbons (Fsp3) is 0.167. The van der Waals surface area contributed by atoms with E-state index in [1.54, 1.807) is 6.20 Å². The van der Waals surface area contributed by atoms with Gasteiger partial charge in [-0.25, -0.2) is 4.98 Å². The van der Waals surface area contributed by atoms with Crippen molar-refractivity contribution in [1.82, 2.24) is 4.98 Å². The number of anilines is 1. The molecule has 0 bridgehead atoms. The first-order chi connectivity index (χ1) is 8.19. The van der Waals surface area contributed by atoms with Crippen molar-refractivity contribution in [3.63, 3.8) is 0 Å². The molecule has 0 radical (unpaired) electrons. The summed E-state index contributed by atoms with van der Waals surface area (Å²) in [4.78, 5) is 6.89. The number of thiazole rings is 1. The summed E-state index contributed by atoms with van der Waals surface area (Å²) in [6.45, 7) is 0.783. The number of aromatic nitrogens is 1. The first kappa shape index (κ1) is 12.1. The van der Waals surface area contributed by atoms with Gasteiger partial charge in [0.25, 0.3) is 0 Å². The average molecular weight is 308 g/mol. The van der Waals surface area contributed by atoms with Gasteiger partial charge in [0.2, 0.25) is 0 Å². The predicted octanol–water partition coefficient (Wildman–Crippen LogP) is 3.41. The molecule has 0 saturated carbocycles. The molecule has 5 heteroatoms. The Morgan fingerprint density at radius 3 is 2.71 bits per heavy atom. The third-order valence-corrected chi connectivity index (χ3v) is 3.81. The number of rotatable bonds is 3. The molecule has 0 fully saturated rings. The lowest BCUT2D eigenvalue weighted by molar-refractivity contribution is 0.914. The molecule has 2 aromatic rings. The monoisotopic (exact) mass is 307 g/mol. The molecule has 86 valence electrons. The van der Waals surface area contributed by atoms with Crippen molar-refractivity contribution in [2.24, 2.45) is 0 Å². The number of halogens is 1. The SMILES string of the molecule is CN(Cc1ccc(Br)cc1)c1ncc(C#N)s1. The van der Waals surface area contributed by atoms with Gasteiger partial charge >= 0.3 is 0 Å². The van der Waals surface area contributed by atoms with Crippen LogP contribution in [-0.2, 0) is 6.54 Å². The molecule has 17 heavy (non-hydrogen) atoms. The second-order valence-electron chi connectivity index (χ2n) is 3.60. The molecule has 0 aliphatic carbocycles. The normalized spacial score (nSPS) is 9.94. The van der Waals surface area contributed by atoms with Crippen molar-refractivity contribution in [2.75, 3.05) is 11.9 Å². The lowest BCUT2D eigenvalue weighted by atomic mass is 10.2. The molecule has 1 aromatic heterocycles. The smallest absolute Gasteiger partial charge is 0.186 e. The summed E-state index contributed by atoms with van der Waals surface area (Å²) in [5.74, 6) is 0. The number of benzene rings is 1. The Labute approximate surface area is 112 Å². The fourth-order valence-electron chi connectivity index (χ4n) is 1.42. The van der Waals surface area contributed by atoms with Crippen LogP contribution in [0.1, 0.15) is 10.4 Å². The van der Waals surface area contributed by atoms with E-state index in [1.165, 1.54) is 16.9 Å². The molecule has 0 atom stereocenters. The Kier molecular flexibility index (Phi) is 3.77. The average Bonchev–Trinajstić information content (AvgIpc) is 2.81. The molecule has 0 aliphatic heterocycles. The maximum Gasteiger partial charge on any atom is 0.186 e. The van der Waals surface area contributed by atoms with Crippen molar-refractivity contribution in [3.05, 3.63) is 45.4 Å². The van der Waals surface area contributed by atoms with Crippen LogP contribution in [-0.4, -0.2) is 12.0 Å². The van der Waals surface area contributed by atoms with E-state index in [2.05, 4.69) is 39.1 Å². The first-order valence-electron chi connectivity index (χ1n) is 5.00. The Hall–Kier alpha value is -1.38. The Bertz CT molecular complexity index is 542. The minimum absolute atomic E-state index is 0.641. The van der Waals surface area contributed by atoms with E-state index < -0.39 is 0 Å². The maximum atomic E-state index is 8.75. The van der Waals surface area contributed by atoms with Gasteiger partial charge in [-0.3, -0.25) is 0 Å². The summed E-state index contributed by atoms with van der Waals surface area (Å²) in [5.41, 5.74) is 1.21. The quantitative estimate of drug-likeness (QED) is 0.872. The number of hydrogen-bond donors (Lipinski definition) is 0. The van der Waals surface area contributed by atoms with Crippen LogP contribution in [0.25, 0.3) is 0 Å². The standard InChI is InChI=1S/C12H10BrN3S/c1-16(12-15-7-11(6-14)17-12)8-9-2-4-10(13)5-3-9/h2-5,7H,8H2,1H3. The number of hydrogen-bond acceptors (Lipinski definition) is 4. The molecule has 0 amide bonds. The van der Waals surface area contributed by atoms with Crippen LogP contribution >= 0.6 is 27.3 Å². The molecule has 1 aromatic carbocycles. The van der Waals surface area contributed by atoms with Gasteiger partial charge in [-0.2, -0.15) is 5.26 Å². The highest BCUT2D eigenvalue weighted by molar-refractivity contribution is 9.10. The summed E-state index contributed by atoms with van der Waals surface area (Å²) in [6.07, 6.45) is 1.61. The molecule has 1 heterocycles. The van der Waals surface area contributed by atoms with Crippen molar-refractivity contribution >= 4 is 32.4 Å². The summed E-state index contributed by atoms with van der Waals surface area (Å²) in [7, 11) is 1.97. The Morgan fingerprint density at radius 1 is 1.41 bits per heavy atom. The van der Waals surface area contributed by atoms with E-state index in [0.29, 0.717) is 4.88 Å². The molecule has 0 N–H and O–H groups in total. The molecule has 2 rings (SSSR count). The van der Waals surface area contributed by atoms with Gasteiger partial charge in [-0.1, -0.05) is 39.4 Å². The van der Waals surface area contributed by atoms with Crippen molar-refractivity contribution in [2.45, 2.75) is 6.54 Å². The van der Waals surface area contributed by atoms with Gasteiger partial charge in [0.05, 0.1) is 6.20 Å². The maximum absolute atomic E-state index is 8.75. The summed E-state index contributed by atoms with van der Waals surface area (Å²) in [6, 6.07) is 10.3. The molecule has 0 aliphatic rings. The van der Waals surface area contributed by atoms with Crippen LogP contribution in [0, 0.1) is 11.3 Å². The van der Waals surface area contributed by atoms with Gasteiger partial charge in [0, 0.05) is 18.1 Å². The van der Waals surface area contributed by atoms with Crippen LogP contribution in [0.5, 0.6) is 0 Å². The Morgan fingerprint density at radius 2 is 2.12 bits per heavy atom. The molecular weight excluding hydrogens is 298 g/mol. The lowest BCUT2D eigenvalue weighted by Crippen LogP contribution is -2.15. The minimum Gasteiger partial charge on any atom is -0.347 e. The largest absolute Gasteiger partial charge is 0.347 e. The fourth-order valence-corrected chi connectivity index (χ4v) is 2.36. The van der Waals surface area contributed by atoms with Gasteiger partial charge in [-0.15, -0.1) is 0 Å². The highest BCUT2D eigenvalue weighted by atomic mass is 79.9. The zero-order chi connectivity index (χ0) is 12.3. The molecule has 3 nitrogen and oxygen atoms in total. The minimum atomic E-state index is 0.641.